The summed E-state index contributed by atoms with van der Waals surface area (Å²) >= 11 is 0. The van der Waals surface area contributed by atoms with Crippen molar-refractivity contribution < 1.29 is 8.33 Å². The summed E-state index contributed by atoms with van der Waals surface area (Å²) in [4.78, 5) is 0. The molecular formula is C13H56O+2. The van der Waals surface area contributed by atoms with E-state index in [0.29, 0.717) is 0 Å². The van der Waals surface area contributed by atoms with Crippen LogP contribution in [0.2, 0.25) is 0 Å². The fourth-order valence-corrected chi connectivity index (χ4v) is 0. The van der Waals surface area contributed by atoms with Crippen molar-refractivity contribution in [3.8, 4) is 0 Å². The van der Waals surface area contributed by atoms with Crippen molar-refractivity contribution in [1.29, 1.82) is 0 Å². The van der Waals surface area contributed by atoms with E-state index in [9.17, 15) is 0 Å². The van der Waals surface area contributed by atoms with Crippen molar-refractivity contribution in [1.82, 2.24) is 0 Å². The van der Waals surface area contributed by atoms with Crippen LogP contribution in [-0.2, 0) is 0 Å². The molecule has 1 nitrogen and oxygen atoms in total. The minimum absolute atomic E-state index is 0. The highest BCUT2D eigenvalue weighted by atomic mass is 16.0. The lowest BCUT2D eigenvalue weighted by Gasteiger charge is -0.412. The molecule has 0 aliphatic rings. The van der Waals surface area contributed by atoms with Crippen LogP contribution < -0.4 is 0 Å². The van der Waals surface area contributed by atoms with Crippen molar-refractivity contribution in [3.05, 3.63) is 0 Å². The van der Waals surface area contributed by atoms with Crippen LogP contribution in [0.3, 0.4) is 0 Å². The van der Waals surface area contributed by atoms with E-state index in [1.165, 1.54) is 0 Å². The molecule has 0 saturated heterocycles. The van der Waals surface area contributed by atoms with Crippen molar-refractivity contribution in [3.63, 3.8) is 0 Å². The topological polar surface area (TPSA) is 31.5 Å². The first-order valence-electron chi connectivity index (χ1n) is 0. The van der Waals surface area contributed by atoms with E-state index in [2.05, 4.69) is 0 Å². The Morgan fingerprint density at radius 2 is 0.214 bits per heavy atom. The van der Waals surface area contributed by atoms with Gasteiger partial charge in [0, 0.05) is 0 Å². The average molecular weight is 229 g/mol. The highest BCUT2D eigenvalue weighted by Crippen LogP contribution is 0.156. The lowest BCUT2D eigenvalue weighted by atomic mass is 12.0. The minimum atomic E-state index is 0. The molecule has 0 unspecified atom stereocenters. The predicted octanol–water partition coefficient (Wildman–Crippen LogP) is 7.67. The van der Waals surface area contributed by atoms with Gasteiger partial charge in [-0.05, 0) is 0 Å². The smallest absolute Gasteiger partial charge is 0.412 e. The van der Waals surface area contributed by atoms with Crippen molar-refractivity contribution in [2.45, 2.75) is 96.5 Å². The summed E-state index contributed by atoms with van der Waals surface area (Å²) in [5.74, 6) is 0. The van der Waals surface area contributed by atoms with Crippen LogP contribution in [0.1, 0.15) is 99.4 Å². The molecule has 112 valence electrons. The molecule has 0 aliphatic heterocycles. The van der Waals surface area contributed by atoms with Gasteiger partial charge in [-0.1, -0.05) is 96.5 Å². The fourth-order valence-electron chi connectivity index (χ4n) is 0. The molecule has 0 spiro atoms. The second kappa shape index (κ2) is 1160000. The van der Waals surface area contributed by atoms with Gasteiger partial charge < -0.3 is 5.48 Å². The molecule has 0 atom stereocenters. The van der Waals surface area contributed by atoms with Crippen LogP contribution in [0.25, 0.3) is 0 Å². The van der Waals surface area contributed by atoms with Crippen molar-refractivity contribution in [2.75, 3.05) is 0 Å². The van der Waals surface area contributed by atoms with Crippen LogP contribution in [0.5, 0.6) is 0 Å². The Bertz CT molecular complexity index is 13.9. The molecule has 0 saturated carbocycles. The summed E-state index contributed by atoms with van der Waals surface area (Å²) in [6.45, 7) is 0. The van der Waals surface area contributed by atoms with Gasteiger partial charge in [0.2, 0.25) is 0 Å². The van der Waals surface area contributed by atoms with Gasteiger partial charge in [0.25, 0.3) is 0 Å². The first-order chi connectivity index (χ1) is 0. The maximum atomic E-state index is 0. The summed E-state index contributed by atoms with van der Waals surface area (Å²) in [6.07, 6.45) is 0. The van der Waals surface area contributed by atoms with Crippen LogP contribution >= 0.6 is 0 Å². The molecule has 0 aliphatic carbocycles. The molecule has 0 fully saturated rings. The normalized spacial score (nSPS) is 0. The predicted molar refractivity (Wildman–Crippen MR) is 93.3 cm³/mol. The molecule has 2 N–H and O–H groups in total. The molecule has 0 heterocycles. The van der Waals surface area contributed by atoms with E-state index in [1.54, 1.807) is 0 Å². The Morgan fingerprint density at radius 1 is 0.214 bits per heavy atom. The van der Waals surface area contributed by atoms with Gasteiger partial charge in [0.1, 0.15) is 0 Å². The molecule has 1 heteroatoms. The fraction of sp³-hybridized carbons (Fsp3) is 1.00. The number of hydrogen-bond acceptors (Lipinski definition) is 0. The van der Waals surface area contributed by atoms with E-state index in [4.69, 9.17) is 0 Å². The van der Waals surface area contributed by atoms with E-state index in [1.807, 2.05) is 0 Å². The maximum absolute atomic E-state index is 0. The van der Waals surface area contributed by atoms with E-state index in [0.717, 1.165) is 0 Å². The van der Waals surface area contributed by atoms with Crippen molar-refractivity contribution in [2.24, 2.45) is 0 Å². The van der Waals surface area contributed by atoms with Gasteiger partial charge >= 0.3 is 2.85 Å². The second-order valence-corrected chi connectivity index (χ2v) is 0. The van der Waals surface area contributed by atoms with Crippen molar-refractivity contribution >= 4 is 0 Å². The SMILES string of the molecule is C.C.C.C.C.C.C.C.C.C.C.C.C.O.[H+].[H+]. The number of hydrogen-bond donors (Lipinski definition) is 0. The zero-order chi connectivity index (χ0) is 0. The molecule has 0 aromatic heterocycles. The van der Waals surface area contributed by atoms with Crippen LogP contribution in [0.15, 0.2) is 0 Å². The third kappa shape index (κ3) is 898000. The van der Waals surface area contributed by atoms with Gasteiger partial charge in [0.05, 0.1) is 0 Å². The Kier molecular flexibility index (Phi) is 121000000000. The third-order valence-corrected chi connectivity index (χ3v) is 0. The first-order valence-corrected chi connectivity index (χ1v) is 0. The van der Waals surface area contributed by atoms with Crippen LogP contribution in [0.4, 0.5) is 0 Å². The monoisotopic (exact) mass is 228 g/mol. The average Bonchev–Trinajstić information content (AvgIpc) is 0. The van der Waals surface area contributed by atoms with E-state index in [-0.39, 0.29) is 105 Å². The Balaban J connectivity index is 0. The van der Waals surface area contributed by atoms with Crippen LogP contribution in [-0.4, -0.2) is 5.48 Å². The molecule has 0 bridgehead atoms. The molecule has 0 rings (SSSR count). The highest BCUT2D eigenvalue weighted by Gasteiger charge is -0.0655. The largest absolute Gasteiger partial charge is 1.00 e. The maximum Gasteiger partial charge on any atom is 1.00 e. The van der Waals surface area contributed by atoms with E-state index >= 15 is 0 Å². The standard InChI is InChI=1S/13CH4.H2O/h13*1H4;1H2/p+2. The Labute approximate surface area is 106 Å². The first kappa shape index (κ1) is 1470000. The molecule has 14 heavy (non-hydrogen) atoms. The lowest BCUT2D eigenvalue weighted by molar-refractivity contribution is 0.824. The molecule has 0 aromatic rings. The summed E-state index contributed by atoms with van der Waals surface area (Å²) in [5.41, 5.74) is 0. The Morgan fingerprint density at radius 3 is 0.214 bits per heavy atom. The molecular weight excluding hydrogens is 172 g/mol. The summed E-state index contributed by atoms with van der Waals surface area (Å²) in [5, 5.41) is 0. The quantitative estimate of drug-likeness (QED) is 0.407. The zero-order valence-electron chi connectivity index (χ0n) is 2.50. The van der Waals surface area contributed by atoms with Gasteiger partial charge in [-0.25, -0.2) is 0 Å². The van der Waals surface area contributed by atoms with E-state index < -0.39 is 0 Å². The Hall–Kier alpha value is -0.0400. The third-order valence-electron chi connectivity index (χ3n) is 0. The molecule has 0 radical (unpaired) electrons. The zero-order valence-corrected chi connectivity index (χ0v) is 0.500. The lowest BCUT2D eigenvalue weighted by Crippen LogP contribution is -0.289. The minimum Gasteiger partial charge on any atom is -0.412 e. The summed E-state index contributed by atoms with van der Waals surface area (Å²) in [6, 6.07) is 0. The van der Waals surface area contributed by atoms with Gasteiger partial charge in [-0.15, -0.1) is 0 Å². The molecule has 0 amide bonds. The second-order valence-electron chi connectivity index (χ2n) is 0. The number of rotatable bonds is 0. The van der Waals surface area contributed by atoms with Gasteiger partial charge in [-0.3, -0.25) is 0 Å². The highest BCUT2D eigenvalue weighted by molar-refractivity contribution is 2.52. The summed E-state index contributed by atoms with van der Waals surface area (Å²) < 4.78 is 0. The van der Waals surface area contributed by atoms with Crippen LogP contribution in [0, 0.1) is 0 Å². The van der Waals surface area contributed by atoms with Gasteiger partial charge in [0.15, 0.2) is 0 Å². The molecule has 0 aromatic carbocycles. The van der Waals surface area contributed by atoms with Gasteiger partial charge in [-0.2, -0.15) is 0 Å². The summed E-state index contributed by atoms with van der Waals surface area (Å²) in [7, 11) is 0.